The van der Waals surface area contributed by atoms with Crippen molar-refractivity contribution >= 4 is 11.9 Å². The van der Waals surface area contributed by atoms with Crippen molar-refractivity contribution in [1.82, 2.24) is 15.1 Å². The molecule has 0 aliphatic heterocycles. The van der Waals surface area contributed by atoms with Gasteiger partial charge in [-0.3, -0.25) is 14.3 Å². The number of hydrogen-bond donors (Lipinski definition) is 2. The summed E-state index contributed by atoms with van der Waals surface area (Å²) < 4.78 is 7.22. The van der Waals surface area contributed by atoms with Crippen LogP contribution >= 0.6 is 0 Å². The molecule has 2 aromatic rings. The van der Waals surface area contributed by atoms with E-state index in [0.29, 0.717) is 17.9 Å². The third-order valence-corrected chi connectivity index (χ3v) is 4.25. The van der Waals surface area contributed by atoms with Crippen molar-refractivity contribution in [3.05, 3.63) is 46.8 Å². The van der Waals surface area contributed by atoms with Crippen LogP contribution in [-0.4, -0.2) is 39.9 Å². The molecular weight excluding hydrogens is 334 g/mol. The van der Waals surface area contributed by atoms with Crippen LogP contribution in [0, 0.1) is 26.7 Å². The molecule has 1 heterocycles. The lowest BCUT2D eigenvalue weighted by Crippen LogP contribution is -2.36. The van der Waals surface area contributed by atoms with Crippen LogP contribution in [0.15, 0.2) is 24.3 Å². The van der Waals surface area contributed by atoms with E-state index >= 15 is 0 Å². The van der Waals surface area contributed by atoms with Crippen molar-refractivity contribution in [3.63, 3.8) is 0 Å². The Morgan fingerprint density at radius 2 is 2.04 bits per heavy atom. The molecule has 0 fully saturated rings. The summed E-state index contributed by atoms with van der Waals surface area (Å²) >= 11 is 0. The van der Waals surface area contributed by atoms with Gasteiger partial charge in [0.25, 0.3) is 5.91 Å². The summed E-state index contributed by atoms with van der Waals surface area (Å²) in [6, 6.07) is 7.70. The quantitative estimate of drug-likeness (QED) is 0.749. The number of nitrogens with one attached hydrogen (secondary N) is 1. The van der Waals surface area contributed by atoms with Crippen molar-refractivity contribution in [2.45, 2.75) is 27.2 Å². The highest BCUT2D eigenvalue weighted by Gasteiger charge is 2.20. The Kier molecular flexibility index (Phi) is 6.38. The molecular formula is C19H25N3O4. The number of aromatic nitrogens is 2. The predicted octanol–water partition coefficient (Wildman–Crippen LogP) is 1.78. The zero-order chi connectivity index (χ0) is 19.3. The molecule has 0 saturated heterocycles. The lowest BCUT2D eigenvalue weighted by Gasteiger charge is -2.14. The highest BCUT2D eigenvalue weighted by molar-refractivity contribution is 5.78. The average Bonchev–Trinajstić information content (AvgIpc) is 2.81. The Balaban J connectivity index is 1.88. The van der Waals surface area contributed by atoms with Gasteiger partial charge in [0, 0.05) is 13.6 Å². The number of amides is 1. The molecule has 1 unspecified atom stereocenters. The van der Waals surface area contributed by atoms with E-state index in [1.54, 1.807) is 11.7 Å². The molecule has 1 amide bonds. The minimum atomic E-state index is -0.938. The van der Waals surface area contributed by atoms with E-state index in [1.165, 1.54) is 0 Å². The third-order valence-electron chi connectivity index (χ3n) is 4.25. The summed E-state index contributed by atoms with van der Waals surface area (Å²) in [5, 5.41) is 16.3. The van der Waals surface area contributed by atoms with Gasteiger partial charge in [0.1, 0.15) is 5.69 Å². The fourth-order valence-corrected chi connectivity index (χ4v) is 2.76. The van der Waals surface area contributed by atoms with Crippen LogP contribution in [-0.2, 0) is 23.1 Å². The van der Waals surface area contributed by atoms with Crippen LogP contribution in [0.3, 0.4) is 0 Å². The van der Waals surface area contributed by atoms with Crippen molar-refractivity contribution < 1.29 is 19.4 Å². The van der Waals surface area contributed by atoms with Crippen molar-refractivity contribution in [3.8, 4) is 5.75 Å². The first-order valence-corrected chi connectivity index (χ1v) is 8.46. The van der Waals surface area contributed by atoms with Gasteiger partial charge in [-0.05, 0) is 32.8 Å². The molecule has 1 aromatic carbocycles. The number of rotatable bonds is 8. The third kappa shape index (κ3) is 5.08. The Morgan fingerprint density at radius 3 is 2.62 bits per heavy atom. The fraction of sp³-hybridized carbons (Fsp3) is 0.421. The van der Waals surface area contributed by atoms with E-state index in [2.05, 4.69) is 10.4 Å². The zero-order valence-corrected chi connectivity index (χ0v) is 15.6. The van der Waals surface area contributed by atoms with Crippen LogP contribution < -0.4 is 10.1 Å². The first-order valence-electron chi connectivity index (χ1n) is 8.46. The predicted molar refractivity (Wildman–Crippen MR) is 97.2 cm³/mol. The number of carbonyl (C=O) groups is 2. The molecule has 0 aliphatic rings. The topological polar surface area (TPSA) is 93.5 Å². The summed E-state index contributed by atoms with van der Waals surface area (Å²) in [4.78, 5) is 23.5. The molecule has 140 valence electrons. The molecule has 0 radical (unpaired) electrons. The molecule has 26 heavy (non-hydrogen) atoms. The van der Waals surface area contributed by atoms with Gasteiger partial charge < -0.3 is 15.2 Å². The SMILES string of the molecule is Cc1cccc(CC(CNC(=O)COc2c(C)nn(C)c2C)C(=O)O)c1. The molecule has 1 aromatic heterocycles. The second-order valence-corrected chi connectivity index (χ2v) is 6.44. The minimum absolute atomic E-state index is 0.0521. The Bertz CT molecular complexity index is 798. The summed E-state index contributed by atoms with van der Waals surface area (Å²) in [5.74, 6) is -1.41. The van der Waals surface area contributed by atoms with Crippen molar-refractivity contribution in [2.75, 3.05) is 13.2 Å². The summed E-state index contributed by atoms with van der Waals surface area (Å²) in [6.45, 7) is 5.50. The number of aryl methyl sites for hydroxylation is 3. The molecule has 2 N–H and O–H groups in total. The van der Waals surface area contributed by atoms with Gasteiger partial charge >= 0.3 is 5.97 Å². The number of nitrogens with zero attached hydrogens (tertiary/aromatic N) is 2. The maximum absolute atomic E-state index is 12.0. The normalized spacial score (nSPS) is 11.8. The van der Waals surface area contributed by atoms with Crippen molar-refractivity contribution in [2.24, 2.45) is 13.0 Å². The highest BCUT2D eigenvalue weighted by Crippen LogP contribution is 2.21. The van der Waals surface area contributed by atoms with Crippen LogP contribution in [0.2, 0.25) is 0 Å². The Morgan fingerprint density at radius 1 is 1.31 bits per heavy atom. The first-order chi connectivity index (χ1) is 12.3. The molecule has 0 aliphatic carbocycles. The molecule has 0 bridgehead atoms. The number of ether oxygens (including phenoxy) is 1. The Hall–Kier alpha value is -2.83. The molecule has 7 nitrogen and oxygen atoms in total. The average molecular weight is 359 g/mol. The molecule has 2 rings (SSSR count). The minimum Gasteiger partial charge on any atom is -0.481 e. The molecule has 7 heteroatoms. The number of carboxylic acids is 1. The first kappa shape index (κ1) is 19.5. The largest absolute Gasteiger partial charge is 0.481 e. The van der Waals surface area contributed by atoms with Crippen molar-refractivity contribution in [1.29, 1.82) is 0 Å². The lowest BCUT2D eigenvalue weighted by molar-refractivity contribution is -0.141. The van der Waals surface area contributed by atoms with E-state index < -0.39 is 11.9 Å². The second kappa shape index (κ2) is 8.51. The number of hydrogen-bond acceptors (Lipinski definition) is 4. The summed E-state index contributed by atoms with van der Waals surface area (Å²) in [5.41, 5.74) is 3.55. The standard InChI is InChI=1S/C19H25N3O4/c1-12-6-5-7-15(8-12)9-16(19(24)25)10-20-17(23)11-26-18-13(2)21-22(4)14(18)3/h5-8,16H,9-11H2,1-4H3,(H,20,23)(H,24,25). The van der Waals surface area contributed by atoms with E-state index in [4.69, 9.17) is 4.74 Å². The fourth-order valence-electron chi connectivity index (χ4n) is 2.76. The van der Waals surface area contributed by atoms with E-state index in [1.807, 2.05) is 45.0 Å². The van der Waals surface area contributed by atoms with E-state index in [0.717, 1.165) is 16.8 Å². The monoisotopic (exact) mass is 359 g/mol. The second-order valence-electron chi connectivity index (χ2n) is 6.44. The van der Waals surface area contributed by atoms with Gasteiger partial charge in [-0.2, -0.15) is 5.10 Å². The highest BCUT2D eigenvalue weighted by atomic mass is 16.5. The van der Waals surface area contributed by atoms with Gasteiger partial charge in [-0.25, -0.2) is 0 Å². The number of benzene rings is 1. The smallest absolute Gasteiger partial charge is 0.308 e. The van der Waals surface area contributed by atoms with E-state index in [9.17, 15) is 14.7 Å². The summed E-state index contributed by atoms with van der Waals surface area (Å²) in [6.07, 6.45) is 0.360. The molecule has 0 spiro atoms. The van der Waals surface area contributed by atoms with Gasteiger partial charge in [0.05, 0.1) is 11.6 Å². The van der Waals surface area contributed by atoms with Gasteiger partial charge in [0.15, 0.2) is 12.4 Å². The number of aliphatic carboxylic acids is 1. The van der Waals surface area contributed by atoms with Crippen LogP contribution in [0.5, 0.6) is 5.75 Å². The van der Waals surface area contributed by atoms with Gasteiger partial charge in [-0.1, -0.05) is 29.8 Å². The van der Waals surface area contributed by atoms with Crippen LogP contribution in [0.4, 0.5) is 0 Å². The lowest BCUT2D eigenvalue weighted by atomic mass is 9.98. The van der Waals surface area contributed by atoms with Crippen LogP contribution in [0.1, 0.15) is 22.5 Å². The van der Waals surface area contributed by atoms with Gasteiger partial charge in [-0.15, -0.1) is 0 Å². The molecule has 0 saturated carbocycles. The number of carboxylic acid groups (broad SMARTS) is 1. The number of carbonyl (C=O) groups excluding carboxylic acids is 1. The summed E-state index contributed by atoms with van der Waals surface area (Å²) in [7, 11) is 1.80. The van der Waals surface area contributed by atoms with Crippen LogP contribution in [0.25, 0.3) is 0 Å². The maximum atomic E-state index is 12.0. The zero-order valence-electron chi connectivity index (χ0n) is 15.6. The van der Waals surface area contributed by atoms with E-state index in [-0.39, 0.29) is 19.1 Å². The Labute approximate surface area is 153 Å². The van der Waals surface area contributed by atoms with Gasteiger partial charge in [0.2, 0.25) is 0 Å². The maximum Gasteiger partial charge on any atom is 0.308 e. The molecule has 1 atom stereocenters.